The standard InChI is InChI=1S/C18H31N3O3.HI/c1-2-19-18(21-14-16(22)17-10-7-12-24-17)20-11-13-23-15-8-5-3-4-6-9-15;/h7,10,12,15-16,22H,2-6,8-9,11,13-14H2,1H3,(H2,19,20,21);1H. The second kappa shape index (κ2) is 13.4. The van der Waals surface area contributed by atoms with Crippen LogP contribution in [0.3, 0.4) is 0 Å². The molecule has 0 bridgehead atoms. The Hall–Kier alpha value is -0.800. The lowest BCUT2D eigenvalue weighted by Gasteiger charge is -2.17. The molecule has 1 unspecified atom stereocenters. The number of guanidine groups is 1. The van der Waals surface area contributed by atoms with Crippen LogP contribution in [0, 0.1) is 0 Å². The first kappa shape index (κ1) is 22.2. The molecule has 1 saturated carbocycles. The number of aliphatic hydroxyl groups excluding tert-OH is 1. The zero-order chi connectivity index (χ0) is 17.0. The van der Waals surface area contributed by atoms with Gasteiger partial charge in [-0.3, -0.25) is 4.99 Å². The summed E-state index contributed by atoms with van der Waals surface area (Å²) in [6.45, 7) is 4.43. The Bertz CT molecular complexity index is 460. The topological polar surface area (TPSA) is 79.0 Å². The molecular formula is C18H32IN3O3. The quantitative estimate of drug-likeness (QED) is 0.181. The van der Waals surface area contributed by atoms with Gasteiger partial charge in [0.15, 0.2) is 5.96 Å². The van der Waals surface area contributed by atoms with Crippen molar-refractivity contribution in [1.82, 2.24) is 10.6 Å². The van der Waals surface area contributed by atoms with Gasteiger partial charge in [0.05, 0.1) is 25.5 Å². The van der Waals surface area contributed by atoms with Gasteiger partial charge in [-0.1, -0.05) is 25.7 Å². The van der Waals surface area contributed by atoms with Crippen molar-refractivity contribution in [3.8, 4) is 0 Å². The normalized spacial score (nSPS) is 17.4. The molecule has 1 heterocycles. The summed E-state index contributed by atoms with van der Waals surface area (Å²) in [4.78, 5) is 4.40. The van der Waals surface area contributed by atoms with Crippen molar-refractivity contribution in [3.63, 3.8) is 0 Å². The molecule has 1 aliphatic carbocycles. The fourth-order valence-corrected chi connectivity index (χ4v) is 2.89. The highest BCUT2D eigenvalue weighted by Crippen LogP contribution is 2.19. The van der Waals surface area contributed by atoms with E-state index in [1.807, 2.05) is 6.92 Å². The third kappa shape index (κ3) is 8.91. The lowest BCUT2D eigenvalue weighted by molar-refractivity contribution is 0.0468. The van der Waals surface area contributed by atoms with E-state index in [-0.39, 0.29) is 30.5 Å². The van der Waals surface area contributed by atoms with Crippen molar-refractivity contribution in [2.24, 2.45) is 4.99 Å². The van der Waals surface area contributed by atoms with Gasteiger partial charge in [-0.05, 0) is 31.9 Å². The Labute approximate surface area is 167 Å². The second-order valence-electron chi connectivity index (χ2n) is 6.16. The zero-order valence-corrected chi connectivity index (χ0v) is 17.4. The molecule has 1 aromatic rings. The van der Waals surface area contributed by atoms with Crippen molar-refractivity contribution in [3.05, 3.63) is 24.2 Å². The molecule has 0 spiro atoms. The summed E-state index contributed by atoms with van der Waals surface area (Å²) < 4.78 is 11.1. The molecule has 6 nitrogen and oxygen atoms in total. The molecule has 0 amide bonds. The number of nitrogens with one attached hydrogen (secondary N) is 2. The van der Waals surface area contributed by atoms with Crippen LogP contribution in [-0.2, 0) is 4.74 Å². The van der Waals surface area contributed by atoms with Crippen molar-refractivity contribution >= 4 is 29.9 Å². The highest BCUT2D eigenvalue weighted by molar-refractivity contribution is 14.0. The number of halogens is 1. The average Bonchev–Trinajstić information content (AvgIpc) is 3.01. The van der Waals surface area contributed by atoms with Crippen molar-refractivity contribution in [1.29, 1.82) is 0 Å². The molecule has 0 aromatic carbocycles. The molecule has 0 saturated heterocycles. The molecule has 25 heavy (non-hydrogen) atoms. The minimum absolute atomic E-state index is 0. The van der Waals surface area contributed by atoms with E-state index < -0.39 is 6.10 Å². The number of rotatable bonds is 8. The van der Waals surface area contributed by atoms with E-state index in [0.29, 0.717) is 31.0 Å². The summed E-state index contributed by atoms with van der Waals surface area (Å²) in [6.07, 6.45) is 8.86. The molecule has 1 aromatic heterocycles. The first-order chi connectivity index (χ1) is 11.8. The van der Waals surface area contributed by atoms with Gasteiger partial charge in [0.25, 0.3) is 0 Å². The third-order valence-corrected chi connectivity index (χ3v) is 4.19. The third-order valence-electron chi connectivity index (χ3n) is 4.19. The monoisotopic (exact) mass is 465 g/mol. The molecule has 7 heteroatoms. The van der Waals surface area contributed by atoms with Crippen molar-refractivity contribution < 1.29 is 14.3 Å². The minimum Gasteiger partial charge on any atom is -0.467 e. The summed E-state index contributed by atoms with van der Waals surface area (Å²) in [6, 6.07) is 3.51. The Morgan fingerprint density at radius 2 is 2.08 bits per heavy atom. The largest absolute Gasteiger partial charge is 0.467 e. The minimum atomic E-state index is -0.724. The fraction of sp³-hybridized carbons (Fsp3) is 0.722. The van der Waals surface area contributed by atoms with Crippen LogP contribution in [0.1, 0.15) is 57.3 Å². The molecule has 0 aliphatic heterocycles. The van der Waals surface area contributed by atoms with E-state index in [1.54, 1.807) is 18.4 Å². The van der Waals surface area contributed by atoms with E-state index in [0.717, 1.165) is 6.54 Å². The summed E-state index contributed by atoms with van der Waals surface area (Å²) >= 11 is 0. The Kier molecular flexibility index (Phi) is 11.9. The molecule has 1 atom stereocenters. The van der Waals surface area contributed by atoms with Gasteiger partial charge in [-0.15, -0.1) is 24.0 Å². The van der Waals surface area contributed by atoms with Crippen LogP contribution < -0.4 is 10.6 Å². The van der Waals surface area contributed by atoms with Gasteiger partial charge in [0.2, 0.25) is 0 Å². The molecule has 144 valence electrons. The first-order valence-electron chi connectivity index (χ1n) is 9.15. The van der Waals surface area contributed by atoms with Crippen LogP contribution in [0.25, 0.3) is 0 Å². The fourth-order valence-electron chi connectivity index (χ4n) is 2.89. The predicted octanol–water partition coefficient (Wildman–Crippen LogP) is 3.23. The highest BCUT2D eigenvalue weighted by atomic mass is 127. The molecule has 0 radical (unpaired) electrons. The zero-order valence-electron chi connectivity index (χ0n) is 15.1. The summed E-state index contributed by atoms with van der Waals surface area (Å²) in [5.41, 5.74) is 0. The lowest BCUT2D eigenvalue weighted by atomic mass is 10.1. The number of furan rings is 1. The lowest BCUT2D eigenvalue weighted by Crippen LogP contribution is -2.39. The Balaban J connectivity index is 0.00000312. The van der Waals surface area contributed by atoms with Crippen LogP contribution in [0.5, 0.6) is 0 Å². The van der Waals surface area contributed by atoms with Gasteiger partial charge >= 0.3 is 0 Å². The first-order valence-corrected chi connectivity index (χ1v) is 9.15. The summed E-state index contributed by atoms with van der Waals surface area (Å²) in [7, 11) is 0. The van der Waals surface area contributed by atoms with Gasteiger partial charge in [0.1, 0.15) is 11.9 Å². The molecule has 1 aliphatic rings. The summed E-state index contributed by atoms with van der Waals surface area (Å²) in [5, 5.41) is 16.4. The van der Waals surface area contributed by atoms with Gasteiger partial charge in [-0.2, -0.15) is 0 Å². The molecule has 3 N–H and O–H groups in total. The number of nitrogens with zero attached hydrogens (tertiary/aromatic N) is 1. The maximum absolute atomic E-state index is 10.0. The molecule has 2 rings (SSSR count). The maximum atomic E-state index is 10.0. The van der Waals surface area contributed by atoms with Gasteiger partial charge in [0, 0.05) is 13.1 Å². The number of hydrogen-bond acceptors (Lipinski definition) is 4. The van der Waals surface area contributed by atoms with Crippen LogP contribution in [0.4, 0.5) is 0 Å². The average molecular weight is 465 g/mol. The second-order valence-corrected chi connectivity index (χ2v) is 6.16. The summed E-state index contributed by atoms with van der Waals surface area (Å²) in [5.74, 6) is 1.22. The van der Waals surface area contributed by atoms with Gasteiger partial charge in [-0.25, -0.2) is 0 Å². The van der Waals surface area contributed by atoms with E-state index in [1.165, 1.54) is 38.5 Å². The van der Waals surface area contributed by atoms with Crippen LogP contribution >= 0.6 is 24.0 Å². The predicted molar refractivity (Wildman–Crippen MR) is 111 cm³/mol. The molecule has 1 fully saturated rings. The number of aliphatic imine (C=N–C) groups is 1. The SMILES string of the molecule is CCNC(=NCC(O)c1ccco1)NCCOC1CCCCCC1.I. The highest BCUT2D eigenvalue weighted by Gasteiger charge is 2.12. The number of hydrogen-bond donors (Lipinski definition) is 3. The number of aliphatic hydroxyl groups is 1. The van der Waals surface area contributed by atoms with Crippen molar-refractivity contribution in [2.45, 2.75) is 57.7 Å². The molecular weight excluding hydrogens is 433 g/mol. The van der Waals surface area contributed by atoms with Gasteiger partial charge < -0.3 is 24.9 Å². The van der Waals surface area contributed by atoms with Crippen LogP contribution in [0.2, 0.25) is 0 Å². The maximum Gasteiger partial charge on any atom is 0.191 e. The van der Waals surface area contributed by atoms with E-state index >= 15 is 0 Å². The number of ether oxygens (including phenoxy) is 1. The van der Waals surface area contributed by atoms with E-state index in [9.17, 15) is 5.11 Å². The Morgan fingerprint density at radius 1 is 1.32 bits per heavy atom. The Morgan fingerprint density at radius 3 is 2.72 bits per heavy atom. The van der Waals surface area contributed by atoms with Crippen LogP contribution in [0.15, 0.2) is 27.8 Å². The smallest absolute Gasteiger partial charge is 0.191 e. The van der Waals surface area contributed by atoms with Crippen molar-refractivity contribution in [2.75, 3.05) is 26.2 Å². The van der Waals surface area contributed by atoms with E-state index in [2.05, 4.69) is 15.6 Å². The van der Waals surface area contributed by atoms with E-state index in [4.69, 9.17) is 9.15 Å². The van der Waals surface area contributed by atoms with Crippen LogP contribution in [-0.4, -0.2) is 43.4 Å².